The summed E-state index contributed by atoms with van der Waals surface area (Å²) in [6, 6.07) is 5.99. The van der Waals surface area contributed by atoms with Crippen molar-refractivity contribution in [2.24, 2.45) is 0 Å². The lowest BCUT2D eigenvalue weighted by Crippen LogP contribution is -2.26. The lowest BCUT2D eigenvalue weighted by Gasteiger charge is -2.14. The van der Waals surface area contributed by atoms with Gasteiger partial charge in [-0.15, -0.1) is 0 Å². The number of carbonyl (C=O) groups is 1. The Morgan fingerprint density at radius 1 is 1.21 bits per heavy atom. The molecule has 0 aliphatic rings. The molecule has 0 aliphatic heterocycles. The maximum absolute atomic E-state index is 12.8. The van der Waals surface area contributed by atoms with Gasteiger partial charge in [0.05, 0.1) is 0 Å². The maximum atomic E-state index is 12.8. The zero-order chi connectivity index (χ0) is 13.8. The van der Waals surface area contributed by atoms with Crippen LogP contribution in [0.4, 0.5) is 10.3 Å². The second-order valence-corrected chi connectivity index (χ2v) is 4.03. The van der Waals surface area contributed by atoms with E-state index in [1.54, 1.807) is 31.6 Å². The first-order chi connectivity index (χ1) is 9.06. The number of hydrogen-bond acceptors (Lipinski definition) is 4. The van der Waals surface area contributed by atoms with Gasteiger partial charge in [-0.3, -0.25) is 4.79 Å². The number of nitrogens with zero attached hydrogens (tertiary/aromatic N) is 3. The fourth-order valence-electron chi connectivity index (χ4n) is 1.58. The van der Waals surface area contributed by atoms with E-state index in [0.717, 1.165) is 11.1 Å². The second kappa shape index (κ2) is 5.43. The molecule has 2 rings (SSSR count). The average Bonchev–Trinajstić information content (AvgIpc) is 2.39. The molecule has 19 heavy (non-hydrogen) atoms. The van der Waals surface area contributed by atoms with Crippen LogP contribution in [0.1, 0.15) is 0 Å². The molecule has 0 bridgehead atoms. The van der Waals surface area contributed by atoms with E-state index in [-0.39, 0.29) is 12.4 Å². The first-order valence-corrected chi connectivity index (χ1v) is 5.57. The number of benzene rings is 1. The van der Waals surface area contributed by atoms with Gasteiger partial charge in [0.2, 0.25) is 5.95 Å². The van der Waals surface area contributed by atoms with Gasteiger partial charge in [-0.05, 0) is 17.7 Å². The fourth-order valence-corrected chi connectivity index (χ4v) is 1.58. The van der Waals surface area contributed by atoms with Crippen molar-refractivity contribution in [3.8, 4) is 11.1 Å². The van der Waals surface area contributed by atoms with E-state index in [1.165, 1.54) is 17.0 Å². The number of rotatable bonds is 4. The summed E-state index contributed by atoms with van der Waals surface area (Å²) in [5.74, 6) is -0.926. The van der Waals surface area contributed by atoms with E-state index in [2.05, 4.69) is 9.97 Å². The highest BCUT2D eigenvalue weighted by atomic mass is 19.1. The van der Waals surface area contributed by atoms with E-state index in [1.807, 2.05) is 0 Å². The molecule has 0 spiro atoms. The minimum atomic E-state index is -0.950. The Hall–Kier alpha value is -2.50. The number of aromatic nitrogens is 2. The van der Waals surface area contributed by atoms with Crippen molar-refractivity contribution in [2.45, 2.75) is 0 Å². The molecule has 1 aromatic carbocycles. The molecule has 0 aliphatic carbocycles. The number of carboxylic acids is 1. The number of aliphatic carboxylic acids is 1. The number of anilines is 1. The van der Waals surface area contributed by atoms with Crippen LogP contribution in [0, 0.1) is 5.82 Å². The fraction of sp³-hybridized carbons (Fsp3) is 0.154. The van der Waals surface area contributed by atoms with Crippen molar-refractivity contribution >= 4 is 11.9 Å². The number of hydrogen-bond donors (Lipinski definition) is 1. The van der Waals surface area contributed by atoms with Crippen molar-refractivity contribution < 1.29 is 14.3 Å². The predicted octanol–water partition coefficient (Wildman–Crippen LogP) is 1.80. The molecule has 5 nitrogen and oxygen atoms in total. The van der Waals surface area contributed by atoms with Crippen molar-refractivity contribution in [1.29, 1.82) is 0 Å². The lowest BCUT2D eigenvalue weighted by atomic mass is 10.1. The van der Waals surface area contributed by atoms with Gasteiger partial charge >= 0.3 is 5.97 Å². The van der Waals surface area contributed by atoms with E-state index in [9.17, 15) is 9.18 Å². The van der Waals surface area contributed by atoms with E-state index < -0.39 is 5.97 Å². The molecule has 1 heterocycles. The molecule has 1 N–H and O–H groups in total. The molecule has 0 amide bonds. The van der Waals surface area contributed by atoms with Crippen LogP contribution in [0.5, 0.6) is 0 Å². The third-order valence-electron chi connectivity index (χ3n) is 2.53. The van der Waals surface area contributed by atoms with E-state index in [4.69, 9.17) is 5.11 Å². The molecule has 0 atom stereocenters. The lowest BCUT2D eigenvalue weighted by molar-refractivity contribution is -0.135. The van der Waals surface area contributed by atoms with Gasteiger partial charge in [-0.25, -0.2) is 14.4 Å². The zero-order valence-corrected chi connectivity index (χ0v) is 10.2. The third kappa shape index (κ3) is 3.25. The second-order valence-electron chi connectivity index (χ2n) is 4.03. The Morgan fingerprint density at radius 2 is 1.79 bits per heavy atom. The summed E-state index contributed by atoms with van der Waals surface area (Å²) in [6.45, 7) is -0.171. The average molecular weight is 261 g/mol. The molecule has 6 heteroatoms. The van der Waals surface area contributed by atoms with Gasteiger partial charge in [0.15, 0.2) is 0 Å². The van der Waals surface area contributed by atoms with Crippen LogP contribution >= 0.6 is 0 Å². The molecule has 0 saturated heterocycles. The summed E-state index contributed by atoms with van der Waals surface area (Å²) in [5, 5.41) is 8.67. The summed E-state index contributed by atoms with van der Waals surface area (Å²) < 4.78 is 12.8. The molecular formula is C13H12FN3O2. The Morgan fingerprint density at radius 3 is 2.32 bits per heavy atom. The molecular weight excluding hydrogens is 249 g/mol. The molecule has 0 unspecified atom stereocenters. The van der Waals surface area contributed by atoms with Gasteiger partial charge < -0.3 is 10.0 Å². The van der Waals surface area contributed by atoms with Gasteiger partial charge in [0.25, 0.3) is 0 Å². The van der Waals surface area contributed by atoms with Crippen molar-refractivity contribution in [2.75, 3.05) is 18.5 Å². The summed E-state index contributed by atoms with van der Waals surface area (Å²) in [7, 11) is 1.60. The highest BCUT2D eigenvalue weighted by Gasteiger charge is 2.08. The molecule has 0 fully saturated rings. The highest BCUT2D eigenvalue weighted by Crippen LogP contribution is 2.18. The van der Waals surface area contributed by atoms with E-state index >= 15 is 0 Å². The molecule has 0 radical (unpaired) electrons. The largest absolute Gasteiger partial charge is 0.480 e. The summed E-state index contributed by atoms with van der Waals surface area (Å²) in [6.07, 6.45) is 3.15. The van der Waals surface area contributed by atoms with Crippen LogP contribution in [0.2, 0.25) is 0 Å². The minimum Gasteiger partial charge on any atom is -0.480 e. The van der Waals surface area contributed by atoms with Gasteiger partial charge in [-0.1, -0.05) is 12.1 Å². The first kappa shape index (κ1) is 12.9. The van der Waals surface area contributed by atoms with Crippen LogP contribution in [0.3, 0.4) is 0 Å². The normalized spacial score (nSPS) is 10.2. The van der Waals surface area contributed by atoms with Crippen LogP contribution in [0.25, 0.3) is 11.1 Å². The van der Waals surface area contributed by atoms with Gasteiger partial charge in [0.1, 0.15) is 12.4 Å². The summed E-state index contributed by atoms with van der Waals surface area (Å²) >= 11 is 0. The zero-order valence-electron chi connectivity index (χ0n) is 10.2. The number of carboxylic acid groups (broad SMARTS) is 1. The quantitative estimate of drug-likeness (QED) is 0.909. The first-order valence-electron chi connectivity index (χ1n) is 5.57. The number of halogens is 1. The summed E-state index contributed by atoms with van der Waals surface area (Å²) in [5.41, 5.74) is 1.54. The van der Waals surface area contributed by atoms with Gasteiger partial charge in [0, 0.05) is 25.0 Å². The molecule has 98 valence electrons. The monoisotopic (exact) mass is 261 g/mol. The van der Waals surface area contributed by atoms with Gasteiger partial charge in [-0.2, -0.15) is 0 Å². The van der Waals surface area contributed by atoms with Crippen molar-refractivity contribution in [3.05, 3.63) is 42.5 Å². The highest BCUT2D eigenvalue weighted by molar-refractivity contribution is 5.72. The molecule has 1 aromatic heterocycles. The Labute approximate surface area is 109 Å². The van der Waals surface area contributed by atoms with Crippen LogP contribution in [-0.4, -0.2) is 34.6 Å². The SMILES string of the molecule is CN(CC(=O)O)c1ncc(-c2ccc(F)cc2)cn1. The smallest absolute Gasteiger partial charge is 0.323 e. The molecule has 2 aromatic rings. The van der Waals surface area contributed by atoms with Crippen molar-refractivity contribution in [3.63, 3.8) is 0 Å². The third-order valence-corrected chi connectivity index (χ3v) is 2.53. The van der Waals surface area contributed by atoms with Crippen LogP contribution in [-0.2, 0) is 4.79 Å². The predicted molar refractivity (Wildman–Crippen MR) is 68.3 cm³/mol. The summed E-state index contributed by atoms with van der Waals surface area (Å²) in [4.78, 5) is 20.2. The van der Waals surface area contributed by atoms with Crippen LogP contribution < -0.4 is 4.90 Å². The van der Waals surface area contributed by atoms with Crippen LogP contribution in [0.15, 0.2) is 36.7 Å². The topological polar surface area (TPSA) is 66.3 Å². The van der Waals surface area contributed by atoms with E-state index in [0.29, 0.717) is 5.95 Å². The Kier molecular flexibility index (Phi) is 3.70. The standard InChI is InChI=1S/C13H12FN3O2/c1-17(8-12(18)19)13-15-6-10(7-16-13)9-2-4-11(14)5-3-9/h2-7H,8H2,1H3,(H,18,19). The van der Waals surface area contributed by atoms with Crippen molar-refractivity contribution in [1.82, 2.24) is 9.97 Å². The molecule has 0 saturated carbocycles. The maximum Gasteiger partial charge on any atom is 0.323 e. The minimum absolute atomic E-state index is 0.171. The Bertz CT molecular complexity index is 569. The number of likely N-dealkylation sites (N-methyl/N-ethyl adjacent to an activating group) is 1. The Balaban J connectivity index is 2.18.